The first kappa shape index (κ1) is 30.6. The molecule has 2 unspecified atom stereocenters. The van der Waals surface area contributed by atoms with Crippen LogP contribution in [0.25, 0.3) is 10.8 Å². The van der Waals surface area contributed by atoms with Crippen LogP contribution in [0.4, 0.5) is 10.5 Å². The first-order valence-corrected chi connectivity index (χ1v) is 14.0. The maximum atomic E-state index is 14.0. The molecule has 0 radical (unpaired) electrons. The van der Waals surface area contributed by atoms with Crippen LogP contribution in [-0.4, -0.2) is 46.7 Å². The minimum absolute atomic E-state index is 0.0236. The predicted octanol–water partition coefficient (Wildman–Crippen LogP) is 5.95. The number of terminal acetylenes is 1. The van der Waals surface area contributed by atoms with E-state index in [9.17, 15) is 14.4 Å². The van der Waals surface area contributed by atoms with Gasteiger partial charge in [-0.25, -0.2) is 4.79 Å². The summed E-state index contributed by atoms with van der Waals surface area (Å²) in [5.41, 5.74) is 1.12. The summed E-state index contributed by atoms with van der Waals surface area (Å²) in [7, 11) is 0. The van der Waals surface area contributed by atoms with Crippen LogP contribution in [0, 0.1) is 12.3 Å². The number of anilines is 1. The number of unbranched alkanes of at least 4 members (excludes halogenated alkanes) is 1. The Hall–Kier alpha value is -3.96. The third-order valence-corrected chi connectivity index (χ3v) is 6.54. The second-order valence-electron chi connectivity index (χ2n) is 10.5. The fraction of sp³-hybridized carbons (Fsp3) is 0.344. The van der Waals surface area contributed by atoms with Gasteiger partial charge in [0.2, 0.25) is 5.91 Å². The third kappa shape index (κ3) is 8.27. The normalized spacial score (nSPS) is 12.6. The largest absolute Gasteiger partial charge is 0.444 e. The van der Waals surface area contributed by atoms with Gasteiger partial charge in [-0.3, -0.25) is 9.59 Å². The van der Waals surface area contributed by atoms with E-state index in [1.807, 2.05) is 49.4 Å². The number of carbonyl (C=O) groups is 3. The fourth-order valence-electron chi connectivity index (χ4n) is 4.24. The van der Waals surface area contributed by atoms with Crippen LogP contribution in [0.1, 0.15) is 57.7 Å². The number of benzene rings is 3. The second kappa shape index (κ2) is 13.9. The van der Waals surface area contributed by atoms with Gasteiger partial charge >= 0.3 is 6.09 Å². The molecule has 0 fully saturated rings. The average Bonchev–Trinajstić information content (AvgIpc) is 2.92. The first-order chi connectivity index (χ1) is 19.1. The van der Waals surface area contributed by atoms with Crippen molar-refractivity contribution in [2.75, 3.05) is 17.6 Å². The maximum Gasteiger partial charge on any atom is 0.408 e. The number of nitrogens with one attached hydrogen (secondary N) is 2. The van der Waals surface area contributed by atoms with Crippen molar-refractivity contribution >= 4 is 47.0 Å². The van der Waals surface area contributed by atoms with E-state index in [4.69, 9.17) is 11.2 Å². The molecule has 210 valence electrons. The Morgan fingerprint density at radius 3 is 2.30 bits per heavy atom. The van der Waals surface area contributed by atoms with Gasteiger partial charge in [0.15, 0.2) is 0 Å². The first-order valence-electron chi connectivity index (χ1n) is 13.3. The molecule has 0 aliphatic heterocycles. The van der Waals surface area contributed by atoms with Crippen LogP contribution in [0.2, 0.25) is 0 Å². The summed E-state index contributed by atoms with van der Waals surface area (Å²) in [6, 6.07) is 18.5. The molecule has 8 heteroatoms. The number of hydrogen-bond donors (Lipinski definition) is 3. The molecular formula is C32H37N3O4S. The van der Waals surface area contributed by atoms with Crippen molar-refractivity contribution in [3.8, 4) is 12.3 Å². The highest BCUT2D eigenvalue weighted by Gasteiger charge is 2.35. The molecule has 0 saturated carbocycles. The molecular weight excluding hydrogens is 522 g/mol. The quantitative estimate of drug-likeness (QED) is 0.212. The molecule has 0 aliphatic carbocycles. The zero-order valence-corrected chi connectivity index (χ0v) is 24.3. The van der Waals surface area contributed by atoms with E-state index in [2.05, 4.69) is 29.2 Å². The molecule has 0 bridgehead atoms. The summed E-state index contributed by atoms with van der Waals surface area (Å²) >= 11 is 4.33. The Morgan fingerprint density at radius 1 is 1.02 bits per heavy atom. The van der Waals surface area contributed by atoms with Gasteiger partial charge in [-0.05, 0) is 67.8 Å². The van der Waals surface area contributed by atoms with Crippen LogP contribution in [-0.2, 0) is 14.3 Å². The van der Waals surface area contributed by atoms with Crippen LogP contribution >= 0.6 is 12.6 Å². The summed E-state index contributed by atoms with van der Waals surface area (Å²) in [5.74, 6) is 1.78. The van der Waals surface area contributed by atoms with Crippen LogP contribution < -0.4 is 10.6 Å². The van der Waals surface area contributed by atoms with Gasteiger partial charge in [0, 0.05) is 23.5 Å². The number of amides is 3. The van der Waals surface area contributed by atoms with Crippen molar-refractivity contribution in [2.45, 2.75) is 58.2 Å². The van der Waals surface area contributed by atoms with Crippen molar-refractivity contribution in [3.63, 3.8) is 0 Å². The van der Waals surface area contributed by atoms with E-state index in [0.717, 1.165) is 17.2 Å². The number of alkyl carbamates (subject to hydrolysis) is 1. The van der Waals surface area contributed by atoms with Crippen molar-refractivity contribution in [1.29, 1.82) is 0 Å². The summed E-state index contributed by atoms with van der Waals surface area (Å²) < 4.78 is 5.36. The van der Waals surface area contributed by atoms with E-state index in [1.165, 1.54) is 4.90 Å². The third-order valence-electron chi connectivity index (χ3n) is 6.18. The van der Waals surface area contributed by atoms with Crippen molar-refractivity contribution in [2.24, 2.45) is 0 Å². The molecule has 0 aromatic heterocycles. The Morgan fingerprint density at radius 2 is 1.70 bits per heavy atom. The van der Waals surface area contributed by atoms with E-state index < -0.39 is 29.7 Å². The Labute approximate surface area is 242 Å². The molecule has 0 saturated heterocycles. The van der Waals surface area contributed by atoms with Crippen molar-refractivity contribution < 1.29 is 19.1 Å². The number of carbonyl (C=O) groups excluding carboxylic acids is 3. The summed E-state index contributed by atoms with van der Waals surface area (Å²) in [6.45, 7) is 7.52. The Bertz CT molecular complexity index is 1380. The van der Waals surface area contributed by atoms with E-state index in [0.29, 0.717) is 29.8 Å². The van der Waals surface area contributed by atoms with Gasteiger partial charge in [-0.2, -0.15) is 12.6 Å². The highest BCUT2D eigenvalue weighted by molar-refractivity contribution is 7.80. The van der Waals surface area contributed by atoms with E-state index in [1.54, 1.807) is 45.0 Å². The van der Waals surface area contributed by atoms with Gasteiger partial charge in [0.05, 0.1) is 0 Å². The number of fused-ring (bicyclic) bond motifs is 1. The lowest BCUT2D eigenvalue weighted by atomic mass is 10.0. The van der Waals surface area contributed by atoms with Crippen molar-refractivity contribution in [3.05, 3.63) is 77.9 Å². The zero-order chi connectivity index (χ0) is 29.3. The SMILES string of the molecule is C#Cc1ccc(C(C(=O)Nc2ccc3ccccc3c2)N(CCCC)C(=O)C(CS)NC(=O)OC(C)(C)C)cc1. The molecule has 3 aromatic rings. The molecule has 0 heterocycles. The summed E-state index contributed by atoms with van der Waals surface area (Å²) in [5, 5.41) is 7.65. The molecule has 2 atom stereocenters. The van der Waals surface area contributed by atoms with Gasteiger partial charge in [-0.15, -0.1) is 6.42 Å². The summed E-state index contributed by atoms with van der Waals surface area (Å²) in [6.07, 6.45) is 6.27. The van der Waals surface area contributed by atoms with E-state index in [-0.39, 0.29) is 11.7 Å². The summed E-state index contributed by atoms with van der Waals surface area (Å²) in [4.78, 5) is 41.9. The van der Waals surface area contributed by atoms with Crippen molar-refractivity contribution in [1.82, 2.24) is 10.2 Å². The second-order valence-corrected chi connectivity index (χ2v) is 10.9. The highest BCUT2D eigenvalue weighted by atomic mass is 32.1. The molecule has 40 heavy (non-hydrogen) atoms. The number of ether oxygens (including phenoxy) is 1. The molecule has 3 amide bonds. The van der Waals surface area contributed by atoms with E-state index >= 15 is 0 Å². The number of hydrogen-bond acceptors (Lipinski definition) is 5. The maximum absolute atomic E-state index is 14.0. The standard InChI is InChI=1S/C32H37N3O4S/c1-6-8-19-35(30(37)27(21-40)34-31(38)39-32(3,4)5)28(24-15-13-22(7-2)14-16-24)29(36)33-26-18-17-23-11-9-10-12-25(23)20-26/h2,9-18,20,27-28,40H,6,8,19,21H2,1,3-5H3,(H,33,36)(H,34,38). The molecule has 7 nitrogen and oxygen atoms in total. The minimum atomic E-state index is -1.00. The van der Waals surface area contributed by atoms with Gasteiger partial charge < -0.3 is 20.3 Å². The molecule has 2 N–H and O–H groups in total. The lowest BCUT2D eigenvalue weighted by molar-refractivity contribution is -0.140. The minimum Gasteiger partial charge on any atom is -0.444 e. The van der Waals surface area contributed by atoms with Crippen LogP contribution in [0.5, 0.6) is 0 Å². The molecule has 3 aromatic carbocycles. The Balaban J connectivity index is 1.99. The Kier molecular flexibility index (Phi) is 10.6. The predicted molar refractivity (Wildman–Crippen MR) is 163 cm³/mol. The molecule has 0 aliphatic rings. The van der Waals surface area contributed by atoms with Gasteiger partial charge in [-0.1, -0.05) is 61.7 Å². The molecule has 0 spiro atoms. The number of nitrogens with zero attached hydrogens (tertiary/aromatic N) is 1. The number of rotatable bonds is 10. The monoisotopic (exact) mass is 559 g/mol. The molecule has 3 rings (SSSR count). The number of thiol groups is 1. The van der Waals surface area contributed by atoms with Crippen LogP contribution in [0.15, 0.2) is 66.7 Å². The van der Waals surface area contributed by atoms with Gasteiger partial charge in [0.1, 0.15) is 17.7 Å². The zero-order valence-electron chi connectivity index (χ0n) is 23.4. The van der Waals surface area contributed by atoms with Gasteiger partial charge in [0.25, 0.3) is 5.91 Å². The lowest BCUT2D eigenvalue weighted by Gasteiger charge is -2.34. The fourth-order valence-corrected chi connectivity index (χ4v) is 4.49. The lowest BCUT2D eigenvalue weighted by Crippen LogP contribution is -2.53. The highest BCUT2D eigenvalue weighted by Crippen LogP contribution is 2.27. The topological polar surface area (TPSA) is 87.7 Å². The van der Waals surface area contributed by atoms with Crippen LogP contribution in [0.3, 0.4) is 0 Å². The average molecular weight is 560 g/mol. The smallest absolute Gasteiger partial charge is 0.408 e.